The van der Waals surface area contributed by atoms with Crippen LogP contribution in [0.5, 0.6) is 0 Å². The summed E-state index contributed by atoms with van der Waals surface area (Å²) in [5, 5.41) is 11.8. The van der Waals surface area contributed by atoms with Crippen LogP contribution >= 0.6 is 11.8 Å². The molecule has 3 saturated carbocycles. The van der Waals surface area contributed by atoms with Gasteiger partial charge in [-0.1, -0.05) is 52.2 Å². The zero-order valence-corrected chi connectivity index (χ0v) is 23.9. The minimum Gasteiger partial charge on any atom is -0.450 e. The lowest BCUT2D eigenvalue weighted by Gasteiger charge is -2.61. The first kappa shape index (κ1) is 28.6. The molecule has 0 radical (unpaired) electrons. The van der Waals surface area contributed by atoms with Crippen LogP contribution in [-0.2, 0) is 23.9 Å². The summed E-state index contributed by atoms with van der Waals surface area (Å²) in [6.45, 7) is 8.94. The second-order valence-electron chi connectivity index (χ2n) is 12.2. The van der Waals surface area contributed by atoms with Crippen molar-refractivity contribution >= 4 is 29.3 Å². The van der Waals surface area contributed by atoms with E-state index in [1.807, 2.05) is 12.3 Å². The van der Waals surface area contributed by atoms with Crippen LogP contribution < -0.4 is 0 Å². The van der Waals surface area contributed by atoms with Crippen molar-refractivity contribution in [1.82, 2.24) is 0 Å². The van der Waals surface area contributed by atoms with Crippen molar-refractivity contribution in [3.05, 3.63) is 23.8 Å². The summed E-state index contributed by atoms with van der Waals surface area (Å²) in [6, 6.07) is 0. The second-order valence-corrected chi connectivity index (χ2v) is 13.1. The number of Topliss-reactive ketones (excluding diaryl/α,β-unsaturated/α-hetero) is 1. The summed E-state index contributed by atoms with van der Waals surface area (Å²) in [5.41, 5.74) is -1.27. The monoisotopic (exact) mass is 532 g/mol. The highest BCUT2D eigenvalue weighted by atomic mass is 32.2. The molecule has 206 valence electrons. The van der Waals surface area contributed by atoms with Gasteiger partial charge in [-0.05, 0) is 68.3 Å². The zero-order valence-electron chi connectivity index (χ0n) is 23.1. The maximum absolute atomic E-state index is 13.9. The lowest BCUT2D eigenvalue weighted by Crippen LogP contribution is -2.63. The quantitative estimate of drug-likeness (QED) is 0.315. The first-order chi connectivity index (χ1) is 17.5. The number of thioether (sulfide) groups is 1. The van der Waals surface area contributed by atoms with Gasteiger partial charge >= 0.3 is 5.97 Å². The SMILES string of the molecule is CCCCCOCC(=O)[C@@]1(OC(=O)CSC)CC[C@H]2[C@@H]3CC(C)C4=CC(=O)C=C[C@]4(C)[C@H]3C(O)C[C@@]21C. The molecule has 3 fully saturated rings. The van der Waals surface area contributed by atoms with E-state index in [1.165, 1.54) is 11.8 Å². The third-order valence-electron chi connectivity index (χ3n) is 10.1. The number of ketones is 2. The van der Waals surface area contributed by atoms with Gasteiger partial charge < -0.3 is 14.6 Å². The molecule has 0 amide bonds. The molecular weight excluding hydrogens is 488 g/mol. The third kappa shape index (κ3) is 4.78. The molecule has 0 aromatic rings. The molecule has 4 aliphatic rings. The Hall–Kier alpha value is -1.44. The molecule has 1 N–H and O–H groups in total. The molecule has 4 rings (SSSR count). The van der Waals surface area contributed by atoms with Gasteiger partial charge in [0.05, 0.1) is 11.9 Å². The fourth-order valence-corrected chi connectivity index (χ4v) is 8.79. The first-order valence-electron chi connectivity index (χ1n) is 14.0. The minimum absolute atomic E-state index is 0.0121. The highest BCUT2D eigenvalue weighted by molar-refractivity contribution is 7.99. The Morgan fingerprint density at radius 1 is 1.24 bits per heavy atom. The molecule has 0 bridgehead atoms. The zero-order chi connectivity index (χ0) is 27.0. The summed E-state index contributed by atoms with van der Waals surface area (Å²) < 4.78 is 12.0. The highest BCUT2D eigenvalue weighted by Crippen LogP contribution is 2.68. The van der Waals surface area contributed by atoms with Gasteiger partial charge in [0.15, 0.2) is 11.4 Å². The second kappa shape index (κ2) is 11.0. The molecule has 0 aromatic heterocycles. The fourth-order valence-electron chi connectivity index (χ4n) is 8.50. The molecule has 0 heterocycles. The minimum atomic E-state index is -1.29. The van der Waals surface area contributed by atoms with Crippen LogP contribution in [0, 0.1) is 34.5 Å². The number of ether oxygens (including phenoxy) is 2. The van der Waals surface area contributed by atoms with Crippen LogP contribution in [0.3, 0.4) is 0 Å². The van der Waals surface area contributed by atoms with Crippen LogP contribution in [0.15, 0.2) is 23.8 Å². The van der Waals surface area contributed by atoms with Gasteiger partial charge in [-0.2, -0.15) is 11.8 Å². The normalized spacial score (nSPS) is 40.4. The molecule has 37 heavy (non-hydrogen) atoms. The molecule has 0 saturated heterocycles. The van der Waals surface area contributed by atoms with E-state index in [4.69, 9.17) is 9.47 Å². The van der Waals surface area contributed by atoms with Gasteiger partial charge in [-0.15, -0.1) is 0 Å². The number of rotatable bonds is 10. The molecule has 2 unspecified atom stereocenters. The number of allylic oxidation sites excluding steroid dienone is 4. The molecule has 8 atom stereocenters. The average molecular weight is 533 g/mol. The van der Waals surface area contributed by atoms with Crippen LogP contribution in [0.2, 0.25) is 0 Å². The number of fused-ring (bicyclic) bond motifs is 5. The Kier molecular flexibility index (Phi) is 8.47. The van der Waals surface area contributed by atoms with Gasteiger partial charge in [0.1, 0.15) is 6.61 Å². The summed E-state index contributed by atoms with van der Waals surface area (Å²) in [4.78, 5) is 39.0. The standard InChI is InChI=1S/C30H44O6S/c1-6-7-8-13-35-17-25(33)30(36-26(34)18-37-5)12-10-22-21-14-19(2)23-15-20(31)9-11-28(23,3)27(21)24(32)16-29(22,30)4/h9,11,15,19,21-22,24,27,32H,6-8,10,12-14,16-18H2,1-5H3/t19?,21-,22-,24?,27+,28-,29-,30-/m0/s1. The number of hydrogen-bond donors (Lipinski definition) is 1. The van der Waals surface area contributed by atoms with E-state index in [1.54, 1.807) is 12.2 Å². The van der Waals surface area contributed by atoms with E-state index in [2.05, 4.69) is 27.7 Å². The summed E-state index contributed by atoms with van der Waals surface area (Å²) >= 11 is 1.38. The van der Waals surface area contributed by atoms with Gasteiger partial charge in [-0.3, -0.25) is 14.4 Å². The molecule has 0 aliphatic heterocycles. The molecular formula is C30H44O6S. The van der Waals surface area contributed by atoms with E-state index in [9.17, 15) is 19.5 Å². The van der Waals surface area contributed by atoms with Crippen molar-refractivity contribution < 1.29 is 29.0 Å². The lowest BCUT2D eigenvalue weighted by atomic mass is 9.44. The van der Waals surface area contributed by atoms with E-state index in [0.29, 0.717) is 19.4 Å². The van der Waals surface area contributed by atoms with Crippen molar-refractivity contribution in [3.63, 3.8) is 0 Å². The van der Waals surface area contributed by atoms with Crippen LogP contribution in [0.25, 0.3) is 0 Å². The number of unbranched alkanes of at least 4 members (excludes halogenated alkanes) is 2. The van der Waals surface area contributed by atoms with Crippen molar-refractivity contribution in [1.29, 1.82) is 0 Å². The van der Waals surface area contributed by atoms with Crippen molar-refractivity contribution in [2.24, 2.45) is 34.5 Å². The molecule has 4 aliphatic carbocycles. The predicted octanol–water partition coefficient (Wildman–Crippen LogP) is 4.93. The molecule has 6 nitrogen and oxygen atoms in total. The highest BCUT2D eigenvalue weighted by Gasteiger charge is 2.70. The molecule has 0 spiro atoms. The van der Waals surface area contributed by atoms with E-state index in [-0.39, 0.29) is 53.6 Å². The maximum atomic E-state index is 13.9. The van der Waals surface area contributed by atoms with Crippen molar-refractivity contribution in [2.45, 2.75) is 84.3 Å². The summed E-state index contributed by atoms with van der Waals surface area (Å²) in [6.07, 6.45) is 12.0. The number of hydrogen-bond acceptors (Lipinski definition) is 7. The third-order valence-corrected chi connectivity index (χ3v) is 10.6. The number of aliphatic hydroxyl groups is 1. The fraction of sp³-hybridized carbons (Fsp3) is 0.767. The van der Waals surface area contributed by atoms with E-state index in [0.717, 1.165) is 37.7 Å². The van der Waals surface area contributed by atoms with Gasteiger partial charge in [0, 0.05) is 23.4 Å². The van der Waals surface area contributed by atoms with Gasteiger partial charge in [-0.25, -0.2) is 0 Å². The van der Waals surface area contributed by atoms with Crippen LogP contribution in [0.1, 0.15) is 72.6 Å². The Morgan fingerprint density at radius 2 is 2.00 bits per heavy atom. The molecule has 0 aromatic carbocycles. The molecule has 7 heteroatoms. The Bertz CT molecular complexity index is 973. The number of carbonyl (C=O) groups is 3. The van der Waals surface area contributed by atoms with E-state index >= 15 is 0 Å². The number of aliphatic hydroxyl groups excluding tert-OH is 1. The average Bonchev–Trinajstić information content (AvgIpc) is 3.12. The number of carbonyl (C=O) groups excluding carboxylic acids is 3. The summed E-state index contributed by atoms with van der Waals surface area (Å²) in [5.74, 6) is 0.0714. The van der Waals surface area contributed by atoms with Crippen LogP contribution in [0.4, 0.5) is 0 Å². The predicted molar refractivity (Wildman–Crippen MR) is 145 cm³/mol. The van der Waals surface area contributed by atoms with Crippen molar-refractivity contribution in [3.8, 4) is 0 Å². The van der Waals surface area contributed by atoms with Gasteiger partial charge in [0.2, 0.25) is 5.78 Å². The smallest absolute Gasteiger partial charge is 0.316 e. The van der Waals surface area contributed by atoms with Crippen molar-refractivity contribution in [2.75, 3.05) is 25.2 Å². The van der Waals surface area contributed by atoms with E-state index < -0.39 is 22.5 Å². The Labute approximate surface area is 226 Å². The Morgan fingerprint density at radius 3 is 2.70 bits per heavy atom. The first-order valence-corrected chi connectivity index (χ1v) is 15.4. The lowest BCUT2D eigenvalue weighted by molar-refractivity contribution is -0.200. The summed E-state index contributed by atoms with van der Waals surface area (Å²) in [7, 11) is 0. The topological polar surface area (TPSA) is 89.9 Å². The van der Waals surface area contributed by atoms with Crippen LogP contribution in [-0.4, -0.2) is 59.6 Å². The largest absolute Gasteiger partial charge is 0.450 e. The number of esters is 1. The Balaban J connectivity index is 1.67. The van der Waals surface area contributed by atoms with Gasteiger partial charge in [0.25, 0.3) is 0 Å². The maximum Gasteiger partial charge on any atom is 0.316 e.